The molecule has 1 fully saturated rings. The van der Waals surface area contributed by atoms with Crippen LogP contribution in [0.4, 0.5) is 0 Å². The lowest BCUT2D eigenvalue weighted by molar-refractivity contribution is -0.132. The summed E-state index contributed by atoms with van der Waals surface area (Å²) < 4.78 is 0. The van der Waals surface area contributed by atoms with Gasteiger partial charge in [-0.2, -0.15) is 0 Å². The van der Waals surface area contributed by atoms with Crippen molar-refractivity contribution in [2.45, 2.75) is 18.9 Å². The molecule has 6 heteroatoms. The van der Waals surface area contributed by atoms with Gasteiger partial charge in [-0.15, -0.1) is 0 Å². The van der Waals surface area contributed by atoms with Crippen molar-refractivity contribution in [3.05, 3.63) is 35.4 Å². The van der Waals surface area contributed by atoms with Gasteiger partial charge in [-0.3, -0.25) is 9.59 Å². The standard InChI is InChI=1S/C14H16N2O4/c1-16-8-11(5-6-12(16)17)15-13(18)9-3-2-4-10(7-9)14(19)20/h2-4,7,11H,5-6,8H2,1H3,(H,15,18)(H,19,20)/t11-/m1/s1. The lowest BCUT2D eigenvalue weighted by atomic mass is 10.0. The number of rotatable bonds is 3. The monoisotopic (exact) mass is 276 g/mol. The molecule has 1 aromatic carbocycles. The van der Waals surface area contributed by atoms with E-state index in [1.165, 1.54) is 18.2 Å². The van der Waals surface area contributed by atoms with E-state index in [-0.39, 0.29) is 23.4 Å². The third-order valence-electron chi connectivity index (χ3n) is 3.33. The molecule has 1 saturated heterocycles. The van der Waals surface area contributed by atoms with Gasteiger partial charge in [0, 0.05) is 31.6 Å². The molecule has 6 nitrogen and oxygen atoms in total. The SMILES string of the molecule is CN1C[C@H](NC(=O)c2cccc(C(=O)O)c2)CCC1=O. The van der Waals surface area contributed by atoms with Gasteiger partial charge in [-0.25, -0.2) is 4.79 Å². The summed E-state index contributed by atoms with van der Waals surface area (Å²) in [7, 11) is 1.70. The Hall–Kier alpha value is -2.37. The first-order valence-corrected chi connectivity index (χ1v) is 6.35. The zero-order valence-corrected chi connectivity index (χ0v) is 11.1. The van der Waals surface area contributed by atoms with Gasteiger partial charge >= 0.3 is 5.97 Å². The lowest BCUT2D eigenvalue weighted by Crippen LogP contribution is -2.48. The number of nitrogens with one attached hydrogen (secondary N) is 1. The number of amides is 2. The summed E-state index contributed by atoms with van der Waals surface area (Å²) in [6.07, 6.45) is 1.02. The van der Waals surface area contributed by atoms with Gasteiger partial charge in [0.2, 0.25) is 5.91 Å². The maximum Gasteiger partial charge on any atom is 0.335 e. The summed E-state index contributed by atoms with van der Waals surface area (Å²) >= 11 is 0. The third kappa shape index (κ3) is 3.14. The second-order valence-corrected chi connectivity index (χ2v) is 4.87. The first-order valence-electron chi connectivity index (χ1n) is 6.35. The number of carboxylic acids is 1. The highest BCUT2D eigenvalue weighted by atomic mass is 16.4. The van der Waals surface area contributed by atoms with E-state index in [9.17, 15) is 14.4 Å². The van der Waals surface area contributed by atoms with E-state index in [0.717, 1.165) is 0 Å². The maximum absolute atomic E-state index is 12.1. The normalized spacial score (nSPS) is 18.8. The molecule has 0 spiro atoms. The number of hydrogen-bond donors (Lipinski definition) is 2. The minimum absolute atomic E-state index is 0.0726. The molecule has 0 aromatic heterocycles. The zero-order chi connectivity index (χ0) is 14.7. The van der Waals surface area contributed by atoms with Crippen molar-refractivity contribution < 1.29 is 19.5 Å². The van der Waals surface area contributed by atoms with E-state index in [0.29, 0.717) is 24.9 Å². The van der Waals surface area contributed by atoms with Gasteiger partial charge in [0.05, 0.1) is 5.56 Å². The van der Waals surface area contributed by atoms with E-state index < -0.39 is 5.97 Å². The van der Waals surface area contributed by atoms with Crippen molar-refractivity contribution in [2.24, 2.45) is 0 Å². The van der Waals surface area contributed by atoms with Crippen LogP contribution in [0.2, 0.25) is 0 Å². The summed E-state index contributed by atoms with van der Waals surface area (Å²) in [5.41, 5.74) is 0.387. The Kier molecular flexibility index (Phi) is 4.02. The second-order valence-electron chi connectivity index (χ2n) is 4.87. The number of carbonyl (C=O) groups excluding carboxylic acids is 2. The van der Waals surface area contributed by atoms with Crippen LogP contribution >= 0.6 is 0 Å². The van der Waals surface area contributed by atoms with Crippen LogP contribution in [0.25, 0.3) is 0 Å². The molecule has 2 rings (SSSR count). The molecule has 0 aliphatic carbocycles. The molecule has 20 heavy (non-hydrogen) atoms. The predicted molar refractivity (Wildman–Crippen MR) is 71.5 cm³/mol. The fraction of sp³-hybridized carbons (Fsp3) is 0.357. The number of likely N-dealkylation sites (N-methyl/N-ethyl adjacent to an activating group) is 1. The molecular weight excluding hydrogens is 260 g/mol. The van der Waals surface area contributed by atoms with Crippen LogP contribution in [0, 0.1) is 0 Å². The Morgan fingerprint density at radius 1 is 1.35 bits per heavy atom. The topological polar surface area (TPSA) is 86.7 Å². The Morgan fingerprint density at radius 2 is 2.05 bits per heavy atom. The van der Waals surface area contributed by atoms with Crippen molar-refractivity contribution in [1.82, 2.24) is 10.2 Å². The maximum atomic E-state index is 12.1. The third-order valence-corrected chi connectivity index (χ3v) is 3.33. The number of carboxylic acid groups (broad SMARTS) is 1. The Bertz CT molecular complexity index is 556. The van der Waals surface area contributed by atoms with Crippen LogP contribution in [-0.2, 0) is 4.79 Å². The number of benzene rings is 1. The molecule has 1 aliphatic rings. The zero-order valence-electron chi connectivity index (χ0n) is 11.1. The van der Waals surface area contributed by atoms with Crippen LogP contribution in [0.15, 0.2) is 24.3 Å². The number of piperidine rings is 1. The highest BCUT2D eigenvalue weighted by molar-refractivity contribution is 5.97. The van der Waals surface area contributed by atoms with Crippen LogP contribution in [-0.4, -0.2) is 47.4 Å². The average molecular weight is 276 g/mol. The van der Waals surface area contributed by atoms with Gasteiger partial charge in [0.1, 0.15) is 0 Å². The van der Waals surface area contributed by atoms with E-state index in [1.807, 2.05) is 0 Å². The van der Waals surface area contributed by atoms with Gasteiger partial charge in [-0.05, 0) is 24.6 Å². The second kappa shape index (κ2) is 5.73. The molecule has 1 atom stereocenters. The molecule has 2 N–H and O–H groups in total. The first-order chi connectivity index (χ1) is 9.47. The summed E-state index contributed by atoms with van der Waals surface area (Å²) in [5.74, 6) is -1.31. The molecule has 106 valence electrons. The number of likely N-dealkylation sites (tertiary alicyclic amines) is 1. The smallest absolute Gasteiger partial charge is 0.335 e. The molecule has 1 aliphatic heterocycles. The van der Waals surface area contributed by atoms with Crippen molar-refractivity contribution >= 4 is 17.8 Å². The molecule has 1 heterocycles. The molecule has 0 unspecified atom stereocenters. The van der Waals surface area contributed by atoms with Crippen LogP contribution < -0.4 is 5.32 Å². The molecule has 0 bridgehead atoms. The van der Waals surface area contributed by atoms with Crippen LogP contribution in [0.5, 0.6) is 0 Å². The van der Waals surface area contributed by atoms with E-state index >= 15 is 0 Å². The number of hydrogen-bond acceptors (Lipinski definition) is 3. The van der Waals surface area contributed by atoms with Crippen molar-refractivity contribution in [3.63, 3.8) is 0 Å². The van der Waals surface area contributed by atoms with E-state index in [2.05, 4.69) is 5.32 Å². The molecule has 0 saturated carbocycles. The Balaban J connectivity index is 2.03. The lowest BCUT2D eigenvalue weighted by Gasteiger charge is -2.30. The fourth-order valence-electron chi connectivity index (χ4n) is 2.19. The summed E-state index contributed by atoms with van der Waals surface area (Å²) in [6, 6.07) is 5.79. The molecule has 1 aromatic rings. The van der Waals surface area contributed by atoms with E-state index in [1.54, 1.807) is 18.0 Å². The minimum atomic E-state index is -1.07. The first kappa shape index (κ1) is 14.0. The largest absolute Gasteiger partial charge is 0.478 e. The molecular formula is C14H16N2O4. The van der Waals surface area contributed by atoms with Crippen molar-refractivity contribution in [1.29, 1.82) is 0 Å². The highest BCUT2D eigenvalue weighted by Gasteiger charge is 2.24. The van der Waals surface area contributed by atoms with Gasteiger partial charge in [-0.1, -0.05) is 6.07 Å². The number of aromatic carboxylic acids is 1. The fourth-order valence-corrected chi connectivity index (χ4v) is 2.19. The molecule has 0 radical (unpaired) electrons. The number of carbonyl (C=O) groups is 3. The Labute approximate surface area is 116 Å². The summed E-state index contributed by atoms with van der Waals surface area (Å²) in [4.78, 5) is 35.9. The van der Waals surface area contributed by atoms with Gasteiger partial charge < -0.3 is 15.3 Å². The highest BCUT2D eigenvalue weighted by Crippen LogP contribution is 2.11. The summed E-state index contributed by atoms with van der Waals surface area (Å²) in [5, 5.41) is 11.7. The van der Waals surface area contributed by atoms with Crippen molar-refractivity contribution in [2.75, 3.05) is 13.6 Å². The quantitative estimate of drug-likeness (QED) is 0.852. The van der Waals surface area contributed by atoms with Crippen molar-refractivity contribution in [3.8, 4) is 0 Å². The van der Waals surface area contributed by atoms with Gasteiger partial charge in [0.25, 0.3) is 5.91 Å². The van der Waals surface area contributed by atoms with Gasteiger partial charge in [0.15, 0.2) is 0 Å². The predicted octanol–water partition coefficient (Wildman–Crippen LogP) is 0.735. The Morgan fingerprint density at radius 3 is 2.70 bits per heavy atom. The molecule has 2 amide bonds. The minimum Gasteiger partial charge on any atom is -0.478 e. The van der Waals surface area contributed by atoms with E-state index in [4.69, 9.17) is 5.11 Å². The average Bonchev–Trinajstić information content (AvgIpc) is 2.43. The van der Waals surface area contributed by atoms with Crippen LogP contribution in [0.3, 0.4) is 0 Å². The van der Waals surface area contributed by atoms with Crippen LogP contribution in [0.1, 0.15) is 33.6 Å². The number of nitrogens with zero attached hydrogens (tertiary/aromatic N) is 1. The summed E-state index contributed by atoms with van der Waals surface area (Å²) in [6.45, 7) is 0.475.